The molecule has 1 unspecified atom stereocenters. The third-order valence-corrected chi connectivity index (χ3v) is 5.95. The fourth-order valence-electron chi connectivity index (χ4n) is 3.44. The first kappa shape index (κ1) is 21.3. The minimum Gasteiger partial charge on any atom is -0.483 e. The first-order valence-corrected chi connectivity index (χ1v) is 11.3. The molecule has 2 N–H and O–H groups in total. The number of allylic oxidation sites excluding steroid dienone is 2. The van der Waals surface area contributed by atoms with Gasteiger partial charge >= 0.3 is 7.60 Å². The van der Waals surface area contributed by atoms with Gasteiger partial charge in [0.15, 0.2) is 6.61 Å². The van der Waals surface area contributed by atoms with Crippen LogP contribution in [0.25, 0.3) is 0 Å². The van der Waals surface area contributed by atoms with Crippen molar-refractivity contribution in [3.05, 3.63) is 72.3 Å². The number of rotatable bonds is 8. The predicted molar refractivity (Wildman–Crippen MR) is 112 cm³/mol. The van der Waals surface area contributed by atoms with Crippen LogP contribution in [0, 0.1) is 5.92 Å². The molecular weight excluding hydrogens is 389 g/mol. The monoisotopic (exact) mass is 415 g/mol. The molecule has 2 aromatic rings. The molecule has 2 aromatic carbocycles. The van der Waals surface area contributed by atoms with Crippen LogP contribution in [0.3, 0.4) is 0 Å². The quantitative estimate of drug-likeness (QED) is 0.511. The summed E-state index contributed by atoms with van der Waals surface area (Å²) < 4.78 is 17.2. The fraction of sp³-hybridized carbons (Fsp3) is 0.318. The Kier molecular flexibility index (Phi) is 7.26. The van der Waals surface area contributed by atoms with Crippen molar-refractivity contribution in [3.63, 3.8) is 0 Å². The van der Waals surface area contributed by atoms with Gasteiger partial charge in [0.05, 0.1) is 0 Å². The van der Waals surface area contributed by atoms with Crippen molar-refractivity contribution < 1.29 is 23.9 Å². The number of amides is 1. The third kappa shape index (κ3) is 6.29. The van der Waals surface area contributed by atoms with E-state index in [9.17, 15) is 19.1 Å². The molecule has 0 aromatic heterocycles. The van der Waals surface area contributed by atoms with Crippen molar-refractivity contribution in [1.82, 2.24) is 4.90 Å². The van der Waals surface area contributed by atoms with Gasteiger partial charge in [-0.1, -0.05) is 54.6 Å². The average Bonchev–Trinajstić information content (AvgIpc) is 2.72. The van der Waals surface area contributed by atoms with Crippen molar-refractivity contribution in [2.75, 3.05) is 13.2 Å². The van der Waals surface area contributed by atoms with Gasteiger partial charge in [0.25, 0.3) is 5.91 Å². The van der Waals surface area contributed by atoms with Gasteiger partial charge in [-0.3, -0.25) is 9.36 Å². The van der Waals surface area contributed by atoms with Crippen molar-refractivity contribution in [2.24, 2.45) is 5.92 Å². The maximum atomic E-state index is 12.9. The lowest BCUT2D eigenvalue weighted by molar-refractivity contribution is -0.134. The second-order valence-electron chi connectivity index (χ2n) is 7.21. The molecular formula is C22H26NO5P. The molecule has 0 saturated heterocycles. The molecule has 0 spiro atoms. The van der Waals surface area contributed by atoms with Gasteiger partial charge in [-0.2, -0.15) is 0 Å². The lowest BCUT2D eigenvalue weighted by Crippen LogP contribution is -2.38. The van der Waals surface area contributed by atoms with E-state index in [0.29, 0.717) is 19.0 Å². The number of carbonyl (C=O) groups excluding carboxylic acids is 1. The predicted octanol–water partition coefficient (Wildman–Crippen LogP) is 3.25. The molecule has 7 heteroatoms. The summed E-state index contributed by atoms with van der Waals surface area (Å²) in [4.78, 5) is 33.7. The first-order valence-electron chi connectivity index (χ1n) is 9.68. The molecule has 1 atom stereocenters. The highest BCUT2D eigenvalue weighted by molar-refractivity contribution is 7.60. The summed E-state index contributed by atoms with van der Waals surface area (Å²) in [7, 11) is -4.48. The van der Waals surface area contributed by atoms with Crippen molar-refractivity contribution in [2.45, 2.75) is 25.8 Å². The van der Waals surface area contributed by atoms with Gasteiger partial charge in [-0.05, 0) is 42.9 Å². The highest BCUT2D eigenvalue weighted by atomic mass is 31.2. The van der Waals surface area contributed by atoms with Gasteiger partial charge in [0.1, 0.15) is 11.1 Å². The largest absolute Gasteiger partial charge is 0.483 e. The maximum Gasteiger partial charge on any atom is 0.359 e. The summed E-state index contributed by atoms with van der Waals surface area (Å²) in [6.07, 6.45) is 7.33. The maximum absolute atomic E-state index is 12.9. The molecule has 0 fully saturated rings. The Bertz CT molecular complexity index is 893. The van der Waals surface area contributed by atoms with Crippen LogP contribution in [0.4, 0.5) is 0 Å². The van der Waals surface area contributed by atoms with Crippen LogP contribution in [0.2, 0.25) is 0 Å². The number of hydrogen-bond donors (Lipinski definition) is 2. The Hall–Kier alpha value is -2.40. The zero-order valence-corrected chi connectivity index (χ0v) is 17.1. The summed E-state index contributed by atoms with van der Waals surface area (Å²) in [6, 6.07) is 15.7. The second kappa shape index (κ2) is 9.88. The topological polar surface area (TPSA) is 87.1 Å². The fourth-order valence-corrected chi connectivity index (χ4v) is 4.15. The molecule has 1 amide bonds. The van der Waals surface area contributed by atoms with Gasteiger partial charge in [-0.25, -0.2) is 0 Å². The van der Waals surface area contributed by atoms with Gasteiger partial charge in [0.2, 0.25) is 0 Å². The summed E-state index contributed by atoms with van der Waals surface area (Å²) >= 11 is 0. The molecule has 3 rings (SSSR count). The molecule has 0 radical (unpaired) electrons. The lowest BCUT2D eigenvalue weighted by atomic mass is 9.94. The smallest absolute Gasteiger partial charge is 0.359 e. The number of nitrogens with zero attached hydrogens (tertiary/aromatic N) is 1. The molecule has 1 aliphatic carbocycles. The standard InChI is InChI=1S/C22H26NO5P/c24-22(17-28-20-13-7-8-14-21(20)29(25,26)27)23(15-18-9-3-1-4-10-18)16-19-11-5-2-6-12-19/h1-5,7-10,13-14,19H,6,11-12,15-17H2,(H2,25,26,27). The van der Waals surface area contributed by atoms with E-state index in [1.807, 2.05) is 30.3 Å². The van der Waals surface area contributed by atoms with E-state index >= 15 is 0 Å². The summed E-state index contributed by atoms with van der Waals surface area (Å²) in [5.74, 6) is 0.230. The zero-order valence-electron chi connectivity index (χ0n) is 16.2. The SMILES string of the molecule is O=C(COc1ccccc1P(=O)(O)O)N(Cc1ccccc1)CC1CC=CCC1. The van der Waals surface area contributed by atoms with E-state index in [1.54, 1.807) is 11.0 Å². The number of hydrogen-bond acceptors (Lipinski definition) is 3. The van der Waals surface area contributed by atoms with Gasteiger partial charge < -0.3 is 19.4 Å². The summed E-state index contributed by atoms with van der Waals surface area (Å²) in [6.45, 7) is 0.831. The number of para-hydroxylation sites is 1. The Balaban J connectivity index is 1.71. The third-order valence-electron chi connectivity index (χ3n) is 4.96. The zero-order chi connectivity index (χ0) is 20.7. The van der Waals surface area contributed by atoms with E-state index in [1.165, 1.54) is 18.2 Å². The Labute approximate surface area is 171 Å². The summed E-state index contributed by atoms with van der Waals surface area (Å²) in [5, 5.41) is -0.208. The molecule has 1 aliphatic rings. The Morgan fingerprint density at radius 3 is 2.48 bits per heavy atom. The average molecular weight is 415 g/mol. The Morgan fingerprint density at radius 2 is 1.79 bits per heavy atom. The second-order valence-corrected chi connectivity index (χ2v) is 8.78. The minimum absolute atomic E-state index is 0.0365. The molecule has 154 valence electrons. The molecule has 0 saturated carbocycles. The molecule has 0 aliphatic heterocycles. The number of carbonyl (C=O) groups is 1. The van der Waals surface area contributed by atoms with Crippen molar-refractivity contribution in [3.8, 4) is 5.75 Å². The van der Waals surface area contributed by atoms with Crippen LogP contribution >= 0.6 is 7.60 Å². The van der Waals surface area contributed by atoms with Crippen molar-refractivity contribution >= 4 is 18.8 Å². The van der Waals surface area contributed by atoms with Crippen LogP contribution in [0.1, 0.15) is 24.8 Å². The summed E-state index contributed by atoms with van der Waals surface area (Å²) in [5.41, 5.74) is 1.03. The van der Waals surface area contributed by atoms with Crippen LogP contribution in [0.15, 0.2) is 66.7 Å². The molecule has 0 heterocycles. The van der Waals surface area contributed by atoms with E-state index in [4.69, 9.17) is 4.74 Å². The van der Waals surface area contributed by atoms with Gasteiger partial charge in [-0.15, -0.1) is 0 Å². The van der Waals surface area contributed by atoms with Crippen LogP contribution in [0.5, 0.6) is 5.75 Å². The van der Waals surface area contributed by atoms with Crippen LogP contribution in [-0.2, 0) is 15.9 Å². The van der Waals surface area contributed by atoms with E-state index < -0.39 is 7.60 Å². The Morgan fingerprint density at radius 1 is 1.07 bits per heavy atom. The minimum atomic E-state index is -4.48. The van der Waals surface area contributed by atoms with E-state index in [-0.39, 0.29) is 23.6 Å². The van der Waals surface area contributed by atoms with E-state index in [2.05, 4.69) is 12.2 Å². The lowest BCUT2D eigenvalue weighted by Gasteiger charge is -2.28. The van der Waals surface area contributed by atoms with Crippen LogP contribution < -0.4 is 10.0 Å². The van der Waals surface area contributed by atoms with E-state index in [0.717, 1.165) is 24.8 Å². The highest BCUT2D eigenvalue weighted by Gasteiger charge is 2.24. The number of ether oxygens (including phenoxy) is 1. The normalized spacial score (nSPS) is 16.4. The highest BCUT2D eigenvalue weighted by Crippen LogP contribution is 2.37. The molecule has 29 heavy (non-hydrogen) atoms. The van der Waals surface area contributed by atoms with Crippen molar-refractivity contribution in [1.29, 1.82) is 0 Å². The number of benzene rings is 2. The van der Waals surface area contributed by atoms with Gasteiger partial charge in [0, 0.05) is 13.1 Å². The molecule has 0 bridgehead atoms. The molecule has 6 nitrogen and oxygen atoms in total. The van der Waals surface area contributed by atoms with Crippen LogP contribution in [-0.4, -0.2) is 33.7 Å². The first-order chi connectivity index (χ1) is 13.9.